The molecule has 0 aromatic heterocycles. The lowest BCUT2D eigenvalue weighted by molar-refractivity contribution is -0.116. The van der Waals surface area contributed by atoms with Crippen LogP contribution in [-0.2, 0) is 11.2 Å². The monoisotopic (exact) mass is 221 g/mol. The molecule has 0 fully saturated rings. The highest BCUT2D eigenvalue weighted by Crippen LogP contribution is 2.32. The van der Waals surface area contributed by atoms with Crippen molar-refractivity contribution in [2.75, 3.05) is 10.8 Å². The summed E-state index contributed by atoms with van der Waals surface area (Å²) < 4.78 is 0. The quantitative estimate of drug-likeness (QED) is 0.555. The van der Waals surface area contributed by atoms with Crippen LogP contribution in [0.2, 0.25) is 0 Å². The standard InChI is InChI=1S/C12H12ClNO/c1-2-10-7-9-5-3-4-6-11(9)14(10)12(15)8-13/h2-6,10H,1,7-8H2/t10-/m1/s1. The molecule has 1 aliphatic rings. The summed E-state index contributed by atoms with van der Waals surface area (Å²) in [4.78, 5) is 13.4. The Kier molecular flexibility index (Phi) is 2.78. The van der Waals surface area contributed by atoms with Gasteiger partial charge in [-0.2, -0.15) is 0 Å². The van der Waals surface area contributed by atoms with E-state index in [4.69, 9.17) is 11.6 Å². The summed E-state index contributed by atoms with van der Waals surface area (Å²) in [6.45, 7) is 3.76. The maximum atomic E-state index is 11.7. The molecule has 1 aromatic rings. The topological polar surface area (TPSA) is 20.3 Å². The molecular formula is C12H12ClNO. The molecule has 0 radical (unpaired) electrons. The fourth-order valence-electron chi connectivity index (χ4n) is 1.99. The van der Waals surface area contributed by atoms with Gasteiger partial charge in [-0.25, -0.2) is 0 Å². The second kappa shape index (κ2) is 4.07. The molecule has 2 rings (SSSR count). The highest BCUT2D eigenvalue weighted by molar-refractivity contribution is 6.29. The normalized spacial score (nSPS) is 18.7. The Morgan fingerprint density at radius 1 is 1.60 bits per heavy atom. The van der Waals surface area contributed by atoms with Gasteiger partial charge < -0.3 is 4.90 Å². The minimum absolute atomic E-state index is 0.0126. The van der Waals surface area contributed by atoms with Crippen LogP contribution in [0, 0.1) is 0 Å². The van der Waals surface area contributed by atoms with E-state index in [0.29, 0.717) is 0 Å². The van der Waals surface area contributed by atoms with Gasteiger partial charge in [-0.15, -0.1) is 18.2 Å². The highest BCUT2D eigenvalue weighted by atomic mass is 35.5. The Balaban J connectivity index is 2.42. The summed E-state index contributed by atoms with van der Waals surface area (Å²) in [5, 5.41) is 0. The van der Waals surface area contributed by atoms with E-state index >= 15 is 0 Å². The maximum Gasteiger partial charge on any atom is 0.242 e. The number of hydrogen-bond donors (Lipinski definition) is 0. The molecule has 1 aliphatic heterocycles. The third kappa shape index (κ3) is 1.65. The molecule has 1 heterocycles. The molecule has 78 valence electrons. The summed E-state index contributed by atoms with van der Waals surface area (Å²) in [6, 6.07) is 7.94. The molecule has 0 aliphatic carbocycles. The van der Waals surface area contributed by atoms with Gasteiger partial charge in [0.2, 0.25) is 5.91 Å². The number of carbonyl (C=O) groups excluding carboxylic acids is 1. The fourth-order valence-corrected chi connectivity index (χ4v) is 2.11. The molecule has 3 heteroatoms. The number of alkyl halides is 1. The van der Waals surface area contributed by atoms with Crippen molar-refractivity contribution in [3.05, 3.63) is 42.5 Å². The molecule has 1 aromatic carbocycles. The largest absolute Gasteiger partial charge is 0.304 e. The Labute approximate surface area is 94.2 Å². The molecule has 0 spiro atoms. The van der Waals surface area contributed by atoms with Crippen molar-refractivity contribution in [2.45, 2.75) is 12.5 Å². The first-order valence-corrected chi connectivity index (χ1v) is 5.40. The van der Waals surface area contributed by atoms with Crippen LogP contribution in [0.1, 0.15) is 5.56 Å². The fraction of sp³-hybridized carbons (Fsp3) is 0.250. The van der Waals surface area contributed by atoms with E-state index in [1.807, 2.05) is 24.3 Å². The third-order valence-corrected chi connectivity index (χ3v) is 2.90. The van der Waals surface area contributed by atoms with Crippen LogP contribution < -0.4 is 4.90 Å². The van der Waals surface area contributed by atoms with Crippen LogP contribution in [0.15, 0.2) is 36.9 Å². The number of fused-ring (bicyclic) bond motifs is 1. The molecule has 1 atom stereocenters. The molecular weight excluding hydrogens is 210 g/mol. The van der Waals surface area contributed by atoms with Crippen LogP contribution in [0.3, 0.4) is 0 Å². The molecule has 1 amide bonds. The lowest BCUT2D eigenvalue weighted by Gasteiger charge is -2.21. The van der Waals surface area contributed by atoms with Gasteiger partial charge in [-0.3, -0.25) is 4.79 Å². The lowest BCUT2D eigenvalue weighted by Crippen LogP contribution is -2.37. The van der Waals surface area contributed by atoms with Crippen LogP contribution in [0.5, 0.6) is 0 Å². The molecule has 2 nitrogen and oxygen atoms in total. The van der Waals surface area contributed by atoms with Crippen LogP contribution in [0.25, 0.3) is 0 Å². The Hall–Kier alpha value is -1.28. The molecule has 0 saturated carbocycles. The zero-order chi connectivity index (χ0) is 10.8. The van der Waals surface area contributed by atoms with E-state index in [1.165, 1.54) is 5.56 Å². The number of para-hydroxylation sites is 1. The Morgan fingerprint density at radius 3 is 3.00 bits per heavy atom. The maximum absolute atomic E-state index is 11.7. The predicted octanol–water partition coefficient (Wildman–Crippen LogP) is 2.37. The van der Waals surface area contributed by atoms with Crippen molar-refractivity contribution in [3.63, 3.8) is 0 Å². The first kappa shape index (κ1) is 10.2. The number of hydrogen-bond acceptors (Lipinski definition) is 1. The van der Waals surface area contributed by atoms with Gasteiger partial charge in [0.25, 0.3) is 0 Å². The van der Waals surface area contributed by atoms with Crippen LogP contribution >= 0.6 is 11.6 Å². The van der Waals surface area contributed by atoms with Gasteiger partial charge in [-0.1, -0.05) is 24.3 Å². The predicted molar refractivity (Wildman–Crippen MR) is 62.3 cm³/mol. The second-order valence-electron chi connectivity index (χ2n) is 3.53. The molecule has 0 bridgehead atoms. The number of halogens is 1. The first-order valence-electron chi connectivity index (χ1n) is 4.86. The SMILES string of the molecule is C=C[C@@H]1Cc2ccccc2N1C(=O)CCl. The van der Waals surface area contributed by atoms with Gasteiger partial charge in [0.1, 0.15) is 5.88 Å². The summed E-state index contributed by atoms with van der Waals surface area (Å²) in [5.74, 6) is -0.0508. The van der Waals surface area contributed by atoms with E-state index in [-0.39, 0.29) is 17.8 Å². The Morgan fingerprint density at radius 2 is 2.33 bits per heavy atom. The zero-order valence-electron chi connectivity index (χ0n) is 8.32. The van der Waals surface area contributed by atoms with Crippen LogP contribution in [-0.4, -0.2) is 17.8 Å². The molecule has 15 heavy (non-hydrogen) atoms. The second-order valence-corrected chi connectivity index (χ2v) is 3.80. The molecule has 0 unspecified atom stereocenters. The average Bonchev–Trinajstić information content (AvgIpc) is 2.66. The van der Waals surface area contributed by atoms with Crippen molar-refractivity contribution in [1.82, 2.24) is 0 Å². The summed E-state index contributed by atoms with van der Waals surface area (Å²) in [7, 11) is 0. The van der Waals surface area contributed by atoms with Crippen molar-refractivity contribution >= 4 is 23.2 Å². The smallest absolute Gasteiger partial charge is 0.242 e. The highest BCUT2D eigenvalue weighted by Gasteiger charge is 2.30. The zero-order valence-corrected chi connectivity index (χ0v) is 9.07. The van der Waals surface area contributed by atoms with E-state index in [1.54, 1.807) is 11.0 Å². The van der Waals surface area contributed by atoms with Crippen molar-refractivity contribution in [3.8, 4) is 0 Å². The minimum Gasteiger partial charge on any atom is -0.304 e. The van der Waals surface area contributed by atoms with Crippen molar-refractivity contribution < 1.29 is 4.79 Å². The average molecular weight is 222 g/mol. The van der Waals surface area contributed by atoms with Gasteiger partial charge in [-0.05, 0) is 18.1 Å². The van der Waals surface area contributed by atoms with Gasteiger partial charge in [0.15, 0.2) is 0 Å². The lowest BCUT2D eigenvalue weighted by atomic mass is 10.1. The molecule has 0 N–H and O–H groups in total. The van der Waals surface area contributed by atoms with E-state index < -0.39 is 0 Å². The van der Waals surface area contributed by atoms with Gasteiger partial charge in [0.05, 0.1) is 6.04 Å². The minimum atomic E-state index is -0.0634. The molecule has 0 saturated heterocycles. The van der Waals surface area contributed by atoms with Gasteiger partial charge >= 0.3 is 0 Å². The first-order chi connectivity index (χ1) is 7.27. The number of anilines is 1. The van der Waals surface area contributed by atoms with E-state index in [2.05, 4.69) is 6.58 Å². The number of rotatable bonds is 2. The van der Waals surface area contributed by atoms with E-state index in [0.717, 1.165) is 12.1 Å². The van der Waals surface area contributed by atoms with Crippen LogP contribution in [0.4, 0.5) is 5.69 Å². The van der Waals surface area contributed by atoms with Crippen molar-refractivity contribution in [2.24, 2.45) is 0 Å². The summed E-state index contributed by atoms with van der Waals surface area (Å²) in [6.07, 6.45) is 2.63. The summed E-state index contributed by atoms with van der Waals surface area (Å²) >= 11 is 5.60. The van der Waals surface area contributed by atoms with Crippen molar-refractivity contribution in [1.29, 1.82) is 0 Å². The van der Waals surface area contributed by atoms with Gasteiger partial charge in [0, 0.05) is 5.69 Å². The number of benzene rings is 1. The summed E-state index contributed by atoms with van der Waals surface area (Å²) in [5.41, 5.74) is 2.15. The number of nitrogens with zero attached hydrogens (tertiary/aromatic N) is 1. The number of carbonyl (C=O) groups is 1. The van der Waals surface area contributed by atoms with E-state index in [9.17, 15) is 4.79 Å². The third-order valence-electron chi connectivity index (χ3n) is 2.67. The Bertz CT molecular complexity index is 402. The number of amides is 1.